The standard InChI is InChI=1S/C29H22O9/c1-3-10-38-12(2)19-11-20(29(36)37)24-18(28(34)35)8-5-14-13-4-7-16(26(30)31)23-17(27(32)33)9-6-15(21(13)23)22(19)25(14)24/h4-9,11-12H,3,10H2,1-2H3,(H,30,31)(H,32,33)(H,34,35)(H,36,37). The van der Waals surface area contributed by atoms with Crippen molar-refractivity contribution in [2.45, 2.75) is 26.4 Å². The van der Waals surface area contributed by atoms with Crippen molar-refractivity contribution in [1.29, 1.82) is 0 Å². The molecule has 0 aliphatic carbocycles. The first kappa shape index (κ1) is 24.9. The van der Waals surface area contributed by atoms with E-state index in [9.17, 15) is 39.6 Å². The summed E-state index contributed by atoms with van der Waals surface area (Å²) in [6, 6.07) is 10.0. The monoisotopic (exact) mass is 514 g/mol. The van der Waals surface area contributed by atoms with Crippen LogP contribution in [0.25, 0.3) is 43.1 Å². The fourth-order valence-electron chi connectivity index (χ4n) is 5.44. The number of aromatic carboxylic acids is 4. The lowest BCUT2D eigenvalue weighted by Gasteiger charge is -2.23. The quantitative estimate of drug-likeness (QED) is 0.143. The molecule has 0 aliphatic rings. The number of hydrogen-bond acceptors (Lipinski definition) is 5. The van der Waals surface area contributed by atoms with Crippen molar-refractivity contribution in [2.75, 3.05) is 6.61 Å². The molecular formula is C29H22O9. The van der Waals surface area contributed by atoms with Gasteiger partial charge in [0.15, 0.2) is 0 Å². The summed E-state index contributed by atoms with van der Waals surface area (Å²) in [4.78, 5) is 48.9. The van der Waals surface area contributed by atoms with Gasteiger partial charge in [-0.05, 0) is 75.5 Å². The van der Waals surface area contributed by atoms with Gasteiger partial charge in [-0.25, -0.2) is 19.2 Å². The Morgan fingerprint density at radius 1 is 0.632 bits per heavy atom. The highest BCUT2D eigenvalue weighted by atomic mass is 16.5. The second kappa shape index (κ2) is 8.97. The topological polar surface area (TPSA) is 158 Å². The van der Waals surface area contributed by atoms with Gasteiger partial charge in [-0.15, -0.1) is 0 Å². The summed E-state index contributed by atoms with van der Waals surface area (Å²) in [7, 11) is 0. The zero-order valence-corrected chi connectivity index (χ0v) is 20.4. The van der Waals surface area contributed by atoms with Gasteiger partial charge in [0.1, 0.15) is 0 Å². The van der Waals surface area contributed by atoms with Gasteiger partial charge in [0.2, 0.25) is 0 Å². The number of rotatable bonds is 8. The molecule has 1 unspecified atom stereocenters. The molecule has 4 N–H and O–H groups in total. The molecule has 0 radical (unpaired) electrons. The Labute approximate surface area is 214 Å². The van der Waals surface area contributed by atoms with Gasteiger partial charge in [0.25, 0.3) is 0 Å². The summed E-state index contributed by atoms with van der Waals surface area (Å²) in [5.74, 6) is -5.20. The molecule has 0 spiro atoms. The van der Waals surface area contributed by atoms with Gasteiger partial charge in [-0.2, -0.15) is 0 Å². The summed E-state index contributed by atoms with van der Waals surface area (Å²) < 4.78 is 5.96. The van der Waals surface area contributed by atoms with Gasteiger partial charge in [-0.1, -0.05) is 25.1 Å². The average molecular weight is 514 g/mol. The van der Waals surface area contributed by atoms with Crippen LogP contribution in [0.3, 0.4) is 0 Å². The van der Waals surface area contributed by atoms with Crippen molar-refractivity contribution >= 4 is 67.0 Å². The number of carbonyl (C=O) groups is 4. The predicted molar refractivity (Wildman–Crippen MR) is 140 cm³/mol. The predicted octanol–water partition coefficient (Wildman–Crippen LogP) is 6.02. The Morgan fingerprint density at radius 2 is 1.08 bits per heavy atom. The van der Waals surface area contributed by atoms with Crippen LogP contribution in [0.1, 0.15) is 73.4 Å². The molecule has 1 atom stereocenters. The fourth-order valence-corrected chi connectivity index (χ4v) is 5.44. The normalized spacial score (nSPS) is 12.5. The summed E-state index contributed by atoms with van der Waals surface area (Å²) in [6.07, 6.45) is 0.0997. The molecule has 0 aliphatic heterocycles. The molecule has 5 aromatic rings. The van der Waals surface area contributed by atoms with Crippen LogP contribution in [0.15, 0.2) is 42.5 Å². The van der Waals surface area contributed by atoms with Crippen LogP contribution >= 0.6 is 0 Å². The number of carboxylic acids is 4. The minimum Gasteiger partial charge on any atom is -0.478 e. The van der Waals surface area contributed by atoms with Gasteiger partial charge in [-0.3, -0.25) is 0 Å². The molecule has 0 bridgehead atoms. The van der Waals surface area contributed by atoms with Gasteiger partial charge >= 0.3 is 23.9 Å². The smallest absolute Gasteiger partial charge is 0.336 e. The zero-order valence-electron chi connectivity index (χ0n) is 20.4. The Balaban J connectivity index is 2.16. The summed E-state index contributed by atoms with van der Waals surface area (Å²) in [5.41, 5.74) is -0.301. The number of ether oxygens (including phenoxy) is 1. The molecule has 5 rings (SSSR count). The molecule has 0 saturated heterocycles. The van der Waals surface area contributed by atoms with Crippen molar-refractivity contribution in [2.24, 2.45) is 0 Å². The zero-order chi connectivity index (χ0) is 27.5. The van der Waals surface area contributed by atoms with Crippen LogP contribution in [-0.2, 0) is 4.74 Å². The molecule has 9 heteroatoms. The van der Waals surface area contributed by atoms with Gasteiger partial charge in [0, 0.05) is 17.4 Å². The second-order valence-electron chi connectivity index (χ2n) is 9.10. The molecule has 0 aromatic heterocycles. The molecule has 192 valence electrons. The van der Waals surface area contributed by atoms with Crippen LogP contribution < -0.4 is 0 Å². The van der Waals surface area contributed by atoms with E-state index in [-0.39, 0.29) is 33.0 Å². The maximum atomic E-state index is 12.4. The summed E-state index contributed by atoms with van der Waals surface area (Å²) in [6.45, 7) is 4.07. The summed E-state index contributed by atoms with van der Waals surface area (Å²) in [5, 5.41) is 42.6. The highest BCUT2D eigenvalue weighted by molar-refractivity contribution is 6.38. The Morgan fingerprint density at radius 3 is 1.55 bits per heavy atom. The molecular weight excluding hydrogens is 492 g/mol. The van der Waals surface area contributed by atoms with E-state index in [4.69, 9.17) is 4.74 Å². The van der Waals surface area contributed by atoms with Gasteiger partial charge in [0.05, 0.1) is 28.4 Å². The van der Waals surface area contributed by atoms with Crippen molar-refractivity contribution < 1.29 is 44.3 Å². The van der Waals surface area contributed by atoms with Crippen molar-refractivity contribution in [3.63, 3.8) is 0 Å². The van der Waals surface area contributed by atoms with Gasteiger partial charge < -0.3 is 25.2 Å². The molecule has 0 saturated carbocycles. The Hall–Kier alpha value is -4.76. The van der Waals surface area contributed by atoms with E-state index < -0.39 is 30.0 Å². The maximum Gasteiger partial charge on any atom is 0.336 e. The van der Waals surface area contributed by atoms with E-state index in [1.165, 1.54) is 24.3 Å². The molecule has 38 heavy (non-hydrogen) atoms. The van der Waals surface area contributed by atoms with E-state index in [0.717, 1.165) is 0 Å². The second-order valence-corrected chi connectivity index (χ2v) is 9.10. The Kier molecular flexibility index (Phi) is 5.88. The van der Waals surface area contributed by atoms with Crippen LogP contribution in [0.5, 0.6) is 0 Å². The third kappa shape index (κ3) is 3.51. The first-order chi connectivity index (χ1) is 18.1. The minimum absolute atomic E-state index is 0.0346. The number of hydrogen-bond donors (Lipinski definition) is 4. The van der Waals surface area contributed by atoms with Crippen LogP contribution in [0.4, 0.5) is 0 Å². The fraction of sp³-hybridized carbons (Fsp3) is 0.172. The lowest BCUT2D eigenvalue weighted by Crippen LogP contribution is -2.10. The van der Waals surface area contributed by atoms with Crippen LogP contribution in [0, 0.1) is 0 Å². The first-order valence-corrected chi connectivity index (χ1v) is 11.9. The number of benzene rings is 5. The van der Waals surface area contributed by atoms with Crippen molar-refractivity contribution in [3.05, 3.63) is 70.3 Å². The lowest BCUT2D eigenvalue weighted by molar-refractivity contribution is 0.0662. The first-order valence-electron chi connectivity index (χ1n) is 11.9. The van der Waals surface area contributed by atoms with E-state index in [2.05, 4.69) is 0 Å². The van der Waals surface area contributed by atoms with Crippen LogP contribution in [-0.4, -0.2) is 50.9 Å². The van der Waals surface area contributed by atoms with E-state index in [0.29, 0.717) is 50.9 Å². The van der Waals surface area contributed by atoms with E-state index >= 15 is 0 Å². The molecule has 0 amide bonds. The van der Waals surface area contributed by atoms with Crippen LogP contribution in [0.2, 0.25) is 0 Å². The SMILES string of the molecule is CCCOC(C)c1cc(C(=O)O)c2c(C(=O)O)ccc3c4ccc(C(=O)O)c5c(C(=O)O)ccc(c1c23)c54. The highest BCUT2D eigenvalue weighted by Crippen LogP contribution is 2.46. The number of carboxylic acid groups (broad SMARTS) is 4. The number of fused-ring (bicyclic) bond motifs is 2. The molecule has 0 fully saturated rings. The molecule has 9 nitrogen and oxygen atoms in total. The average Bonchev–Trinajstić information content (AvgIpc) is 2.88. The molecule has 0 heterocycles. The highest BCUT2D eigenvalue weighted by Gasteiger charge is 2.28. The minimum atomic E-state index is -1.31. The third-order valence-electron chi connectivity index (χ3n) is 6.96. The molecule has 5 aromatic carbocycles. The van der Waals surface area contributed by atoms with E-state index in [1.807, 2.05) is 6.92 Å². The Bertz CT molecular complexity index is 1810. The lowest BCUT2D eigenvalue weighted by atomic mass is 9.82. The van der Waals surface area contributed by atoms with E-state index in [1.54, 1.807) is 25.1 Å². The van der Waals surface area contributed by atoms with Crippen molar-refractivity contribution in [3.8, 4) is 0 Å². The third-order valence-corrected chi connectivity index (χ3v) is 6.96. The largest absolute Gasteiger partial charge is 0.478 e. The summed E-state index contributed by atoms with van der Waals surface area (Å²) >= 11 is 0. The maximum absolute atomic E-state index is 12.4. The van der Waals surface area contributed by atoms with Crippen molar-refractivity contribution in [1.82, 2.24) is 0 Å².